The Hall–Kier alpha value is -2.43. The lowest BCUT2D eigenvalue weighted by Crippen LogP contribution is -2.34. The van der Waals surface area contributed by atoms with Gasteiger partial charge in [-0.2, -0.15) is 9.36 Å². The summed E-state index contributed by atoms with van der Waals surface area (Å²) in [5.41, 5.74) is 4.30. The summed E-state index contributed by atoms with van der Waals surface area (Å²) in [5.74, 6) is -1.48. The first kappa shape index (κ1) is 17.6. The minimum absolute atomic E-state index is 0.0460. The first-order valence-electron chi connectivity index (χ1n) is 6.18. The van der Waals surface area contributed by atoms with Crippen LogP contribution in [0.4, 0.5) is 9.93 Å². The molecular formula is C11H17N5O5S. The van der Waals surface area contributed by atoms with Crippen LogP contribution < -0.4 is 11.1 Å². The molecule has 22 heavy (non-hydrogen) atoms. The van der Waals surface area contributed by atoms with Crippen molar-refractivity contribution in [2.24, 2.45) is 5.16 Å². The lowest BCUT2D eigenvalue weighted by Gasteiger charge is -2.19. The molecule has 0 atom stereocenters. The molecule has 0 aliphatic heterocycles. The van der Waals surface area contributed by atoms with Gasteiger partial charge in [-0.05, 0) is 20.8 Å². The third-order valence-electron chi connectivity index (χ3n) is 1.87. The molecule has 0 spiro atoms. The van der Waals surface area contributed by atoms with Gasteiger partial charge in [0, 0.05) is 11.5 Å². The minimum Gasteiger partial charge on any atom is -0.476 e. The van der Waals surface area contributed by atoms with E-state index in [1.807, 2.05) is 0 Å². The zero-order valence-electron chi connectivity index (χ0n) is 12.3. The summed E-state index contributed by atoms with van der Waals surface area (Å²) in [7, 11) is 0. The third kappa shape index (κ3) is 6.35. The molecule has 122 valence electrons. The van der Waals surface area contributed by atoms with Crippen molar-refractivity contribution in [3.63, 3.8) is 0 Å². The quantitative estimate of drug-likeness (QED) is 0.386. The number of amides is 1. The number of carboxylic acids is 1. The normalized spacial score (nSPS) is 11.9. The summed E-state index contributed by atoms with van der Waals surface area (Å²) in [5, 5.41) is 15.0. The molecule has 0 unspecified atom stereocenters. The second-order valence-electron chi connectivity index (χ2n) is 4.96. The molecule has 1 amide bonds. The molecule has 0 radical (unpaired) electrons. The van der Waals surface area contributed by atoms with Crippen molar-refractivity contribution in [3.05, 3.63) is 5.82 Å². The fraction of sp³-hybridized carbons (Fsp3) is 0.545. The first-order chi connectivity index (χ1) is 10.2. The third-order valence-corrected chi connectivity index (χ3v) is 2.42. The largest absolute Gasteiger partial charge is 0.476 e. The van der Waals surface area contributed by atoms with E-state index in [-0.39, 0.29) is 24.1 Å². The molecular weight excluding hydrogens is 314 g/mol. The van der Waals surface area contributed by atoms with Crippen LogP contribution in [0.15, 0.2) is 5.16 Å². The molecule has 0 fully saturated rings. The topological polar surface area (TPSA) is 149 Å². The van der Waals surface area contributed by atoms with Crippen LogP contribution in [0.2, 0.25) is 0 Å². The van der Waals surface area contributed by atoms with Crippen LogP contribution >= 0.6 is 11.5 Å². The molecule has 4 N–H and O–H groups in total. The SMILES string of the molecule is CC(C)(C)OC(=O)NCCO/N=C(\C(=O)O)c1nsc(N)n1. The van der Waals surface area contributed by atoms with Gasteiger partial charge < -0.3 is 25.7 Å². The summed E-state index contributed by atoms with van der Waals surface area (Å²) in [6, 6.07) is 0. The highest BCUT2D eigenvalue weighted by Gasteiger charge is 2.19. The van der Waals surface area contributed by atoms with E-state index < -0.39 is 23.4 Å². The maximum Gasteiger partial charge on any atom is 0.407 e. The van der Waals surface area contributed by atoms with Crippen molar-refractivity contribution >= 4 is 34.4 Å². The van der Waals surface area contributed by atoms with E-state index in [4.69, 9.17) is 20.4 Å². The predicted octanol–water partition coefficient (Wildman–Crippen LogP) is 0.450. The van der Waals surface area contributed by atoms with Gasteiger partial charge in [-0.15, -0.1) is 0 Å². The molecule has 1 rings (SSSR count). The molecule has 0 saturated heterocycles. The highest BCUT2D eigenvalue weighted by atomic mass is 32.1. The number of aliphatic carboxylic acids is 1. The molecule has 11 heteroatoms. The number of nitrogens with two attached hydrogens (primary N) is 1. The number of ether oxygens (including phenoxy) is 1. The van der Waals surface area contributed by atoms with Gasteiger partial charge in [0.05, 0.1) is 6.54 Å². The maximum atomic E-state index is 11.3. The van der Waals surface area contributed by atoms with Gasteiger partial charge in [-0.1, -0.05) is 5.16 Å². The Morgan fingerprint density at radius 3 is 2.64 bits per heavy atom. The standard InChI is InChI=1S/C11H17N5O5S/c1-11(2,3)21-10(19)13-4-5-20-15-6(8(17)18)7-14-9(12)22-16-7/h4-5H2,1-3H3,(H,13,19)(H,17,18)(H2,12,14,16)/b15-6-. The predicted molar refractivity (Wildman–Crippen MR) is 78.7 cm³/mol. The van der Waals surface area contributed by atoms with E-state index in [1.54, 1.807) is 20.8 Å². The second-order valence-corrected chi connectivity index (χ2v) is 5.75. The van der Waals surface area contributed by atoms with Crippen molar-refractivity contribution in [1.29, 1.82) is 0 Å². The van der Waals surface area contributed by atoms with Crippen molar-refractivity contribution < 1.29 is 24.3 Å². The summed E-state index contributed by atoms with van der Waals surface area (Å²) in [6.07, 6.45) is -0.604. The summed E-state index contributed by atoms with van der Waals surface area (Å²) >= 11 is 0.846. The van der Waals surface area contributed by atoms with Gasteiger partial charge >= 0.3 is 12.1 Å². The Kier molecular flexibility index (Phi) is 6.04. The molecule has 1 aromatic rings. The van der Waals surface area contributed by atoms with Crippen LogP contribution in [0.3, 0.4) is 0 Å². The first-order valence-corrected chi connectivity index (χ1v) is 6.96. The molecule has 0 bridgehead atoms. The van der Waals surface area contributed by atoms with Crippen LogP contribution in [0, 0.1) is 0 Å². The number of anilines is 1. The van der Waals surface area contributed by atoms with Crippen molar-refractivity contribution in [1.82, 2.24) is 14.7 Å². The Morgan fingerprint density at radius 1 is 1.45 bits per heavy atom. The fourth-order valence-electron chi connectivity index (χ4n) is 1.13. The van der Waals surface area contributed by atoms with Crippen LogP contribution in [0.25, 0.3) is 0 Å². The van der Waals surface area contributed by atoms with Crippen LogP contribution in [0.1, 0.15) is 26.6 Å². The summed E-state index contributed by atoms with van der Waals surface area (Å²) in [4.78, 5) is 30.9. The van der Waals surface area contributed by atoms with Gasteiger partial charge in [0.15, 0.2) is 5.13 Å². The van der Waals surface area contributed by atoms with E-state index in [0.717, 1.165) is 11.5 Å². The Bertz CT molecular complexity index is 565. The number of hydrogen-bond donors (Lipinski definition) is 3. The lowest BCUT2D eigenvalue weighted by atomic mass is 10.2. The number of carbonyl (C=O) groups is 2. The summed E-state index contributed by atoms with van der Waals surface area (Å²) < 4.78 is 8.74. The van der Waals surface area contributed by atoms with Gasteiger partial charge in [-0.25, -0.2) is 9.59 Å². The molecule has 0 aliphatic rings. The summed E-state index contributed by atoms with van der Waals surface area (Å²) in [6.45, 7) is 5.25. The number of hydrogen-bond acceptors (Lipinski definition) is 9. The van der Waals surface area contributed by atoms with E-state index in [0.29, 0.717) is 0 Å². The van der Waals surface area contributed by atoms with E-state index in [9.17, 15) is 9.59 Å². The van der Waals surface area contributed by atoms with Gasteiger partial charge in [0.2, 0.25) is 11.5 Å². The molecule has 1 heterocycles. The van der Waals surface area contributed by atoms with Gasteiger partial charge in [0.1, 0.15) is 12.2 Å². The zero-order valence-corrected chi connectivity index (χ0v) is 13.1. The number of oxime groups is 1. The highest BCUT2D eigenvalue weighted by Crippen LogP contribution is 2.07. The van der Waals surface area contributed by atoms with Gasteiger partial charge in [-0.3, -0.25) is 0 Å². The smallest absolute Gasteiger partial charge is 0.407 e. The van der Waals surface area contributed by atoms with Crippen molar-refractivity contribution in [2.45, 2.75) is 26.4 Å². The highest BCUT2D eigenvalue weighted by molar-refractivity contribution is 7.09. The number of alkyl carbamates (subject to hydrolysis) is 1. The number of nitrogen functional groups attached to an aromatic ring is 1. The average molecular weight is 331 g/mol. The van der Waals surface area contributed by atoms with Crippen LogP contribution in [-0.2, 0) is 14.4 Å². The van der Waals surface area contributed by atoms with Crippen molar-refractivity contribution in [3.8, 4) is 0 Å². The second kappa shape index (κ2) is 7.54. The number of carbonyl (C=O) groups excluding carboxylic acids is 1. The number of aromatic nitrogens is 2. The average Bonchev–Trinajstić information content (AvgIpc) is 2.77. The Balaban J connectivity index is 2.43. The number of nitrogens with zero attached hydrogens (tertiary/aromatic N) is 3. The van der Waals surface area contributed by atoms with Crippen LogP contribution in [0.5, 0.6) is 0 Å². The lowest BCUT2D eigenvalue weighted by molar-refractivity contribution is -0.129. The van der Waals surface area contributed by atoms with E-state index in [1.165, 1.54) is 0 Å². The zero-order chi connectivity index (χ0) is 16.8. The van der Waals surface area contributed by atoms with Crippen molar-refractivity contribution in [2.75, 3.05) is 18.9 Å². The number of rotatable bonds is 6. The van der Waals surface area contributed by atoms with Crippen LogP contribution in [-0.4, -0.2) is 51.0 Å². The van der Waals surface area contributed by atoms with E-state index >= 15 is 0 Å². The van der Waals surface area contributed by atoms with E-state index in [2.05, 4.69) is 19.8 Å². The van der Waals surface area contributed by atoms with Gasteiger partial charge in [0.25, 0.3) is 0 Å². The number of nitrogens with one attached hydrogen (secondary N) is 1. The molecule has 10 nitrogen and oxygen atoms in total. The monoisotopic (exact) mass is 331 g/mol. The number of carboxylic acid groups (broad SMARTS) is 1. The molecule has 0 saturated carbocycles. The Morgan fingerprint density at radius 2 is 2.14 bits per heavy atom. The minimum atomic E-state index is -1.35. The molecule has 0 aliphatic carbocycles. The maximum absolute atomic E-state index is 11.3. The Labute approximate surface area is 130 Å². The molecule has 1 aromatic heterocycles. The fourth-order valence-corrected chi connectivity index (χ4v) is 1.56. The molecule has 0 aromatic carbocycles.